The predicted octanol–water partition coefficient (Wildman–Crippen LogP) is 4.99. The van der Waals surface area contributed by atoms with Gasteiger partial charge in [0.1, 0.15) is 5.82 Å². The number of nitrogens with two attached hydrogens (primary N) is 1. The largest absolute Gasteiger partial charge is 0.381 e. The Morgan fingerprint density at radius 2 is 1.73 bits per heavy atom. The van der Waals surface area contributed by atoms with Crippen molar-refractivity contribution in [1.82, 2.24) is 14.6 Å². The van der Waals surface area contributed by atoms with Crippen molar-refractivity contribution < 1.29 is 22.3 Å². The summed E-state index contributed by atoms with van der Waals surface area (Å²) in [6.07, 6.45) is 4.46. The standard InChI is InChI=1S/C32H38Cl2FN5O4S/c1-20-16-37-17-25(40(20)45(42,43)26-9-6-24(34)7-10-26)8-11-27-28(35)18-38-19-29(27)39-32(41)31(36)30(22-12-14-44-15-13-22)21-2-4-23(33)5-3-21/h2-7,9-10,18-20,22,25,30-31,37H,8,11-17,36H2,1H3,(H,39,41)/t20-,25+,30+,31+/m1/s1. The van der Waals surface area contributed by atoms with Crippen molar-refractivity contribution >= 4 is 44.8 Å². The molecule has 1 amide bonds. The number of aromatic nitrogens is 1. The molecule has 9 nitrogen and oxygen atoms in total. The molecule has 2 fully saturated rings. The third-order valence-corrected chi connectivity index (χ3v) is 11.3. The van der Waals surface area contributed by atoms with Crippen LogP contribution in [0.15, 0.2) is 65.8 Å². The monoisotopic (exact) mass is 677 g/mol. The molecule has 0 saturated carbocycles. The van der Waals surface area contributed by atoms with Crippen molar-refractivity contribution in [2.24, 2.45) is 11.7 Å². The molecule has 45 heavy (non-hydrogen) atoms. The van der Waals surface area contributed by atoms with Crippen LogP contribution >= 0.6 is 23.2 Å². The lowest BCUT2D eigenvalue weighted by Crippen LogP contribution is -2.58. The zero-order valence-corrected chi connectivity index (χ0v) is 27.3. The van der Waals surface area contributed by atoms with Crippen LogP contribution in [0.1, 0.15) is 43.2 Å². The van der Waals surface area contributed by atoms with E-state index in [1.165, 1.54) is 22.6 Å². The van der Waals surface area contributed by atoms with Gasteiger partial charge in [0.05, 0.1) is 29.0 Å². The molecule has 0 spiro atoms. The van der Waals surface area contributed by atoms with E-state index in [2.05, 4.69) is 15.6 Å². The van der Waals surface area contributed by atoms with Gasteiger partial charge >= 0.3 is 0 Å². The third kappa shape index (κ3) is 7.85. The topological polar surface area (TPSA) is 127 Å². The van der Waals surface area contributed by atoms with Crippen LogP contribution in [0, 0.1) is 11.7 Å². The minimum absolute atomic E-state index is 0.111. The Bertz CT molecular complexity index is 1570. The number of benzene rings is 2. The number of halogens is 3. The van der Waals surface area contributed by atoms with E-state index < -0.39 is 33.8 Å². The number of carbonyl (C=O) groups excluding carboxylic acids is 1. The summed E-state index contributed by atoms with van der Waals surface area (Å²) in [5.74, 6) is -1.25. The number of hydrogen-bond acceptors (Lipinski definition) is 7. The summed E-state index contributed by atoms with van der Waals surface area (Å²) in [4.78, 5) is 17.8. The van der Waals surface area contributed by atoms with E-state index in [-0.39, 0.29) is 40.4 Å². The van der Waals surface area contributed by atoms with Gasteiger partial charge in [-0.05, 0) is 80.5 Å². The van der Waals surface area contributed by atoms with Gasteiger partial charge in [0.25, 0.3) is 0 Å². The van der Waals surface area contributed by atoms with Crippen molar-refractivity contribution in [2.45, 2.75) is 61.5 Å². The van der Waals surface area contributed by atoms with E-state index in [0.29, 0.717) is 42.8 Å². The lowest BCUT2D eigenvalue weighted by Gasteiger charge is -2.40. The Labute approximate surface area is 273 Å². The molecule has 13 heteroatoms. The molecule has 4 N–H and O–H groups in total. The molecule has 2 aromatic carbocycles. The Morgan fingerprint density at radius 3 is 2.40 bits per heavy atom. The molecular formula is C32H38Cl2FN5O4S. The van der Waals surface area contributed by atoms with E-state index in [9.17, 15) is 13.2 Å². The molecule has 5 rings (SSSR count). The van der Waals surface area contributed by atoms with Crippen LogP contribution in [0.25, 0.3) is 0 Å². The molecule has 3 aromatic rings. The second-order valence-electron chi connectivity index (χ2n) is 11.7. The quantitative estimate of drug-likeness (QED) is 0.276. The summed E-state index contributed by atoms with van der Waals surface area (Å²) >= 11 is 12.1. The van der Waals surface area contributed by atoms with E-state index in [1.54, 1.807) is 24.3 Å². The number of pyridine rings is 1. The molecule has 0 aliphatic carbocycles. The minimum atomic E-state index is -3.86. The number of anilines is 1. The van der Waals surface area contributed by atoms with Crippen LogP contribution in [-0.4, -0.2) is 68.0 Å². The maximum absolute atomic E-state index is 15.3. The zero-order valence-electron chi connectivity index (χ0n) is 25.0. The molecule has 0 bridgehead atoms. The Kier molecular flexibility index (Phi) is 11.1. The second-order valence-corrected chi connectivity index (χ2v) is 14.4. The number of nitrogens with zero attached hydrogens (tertiary/aromatic N) is 2. The fourth-order valence-corrected chi connectivity index (χ4v) is 8.53. The van der Waals surface area contributed by atoms with Crippen LogP contribution in [0.3, 0.4) is 0 Å². The van der Waals surface area contributed by atoms with Gasteiger partial charge in [0.2, 0.25) is 15.9 Å². The van der Waals surface area contributed by atoms with Crippen LogP contribution in [-0.2, 0) is 26.0 Å². The van der Waals surface area contributed by atoms with E-state index in [4.69, 9.17) is 33.7 Å². The van der Waals surface area contributed by atoms with E-state index in [0.717, 1.165) is 24.6 Å². The second kappa shape index (κ2) is 14.8. The maximum Gasteiger partial charge on any atom is 0.243 e. The van der Waals surface area contributed by atoms with Crippen molar-refractivity contribution in [3.05, 3.63) is 87.9 Å². The first-order chi connectivity index (χ1) is 21.6. The average molecular weight is 679 g/mol. The van der Waals surface area contributed by atoms with Gasteiger partial charge in [-0.25, -0.2) is 12.8 Å². The molecular weight excluding hydrogens is 640 g/mol. The number of carbonyl (C=O) groups is 1. The van der Waals surface area contributed by atoms with Crippen LogP contribution in [0.4, 0.5) is 10.1 Å². The molecule has 2 aliphatic rings. The van der Waals surface area contributed by atoms with Gasteiger partial charge in [0, 0.05) is 59.9 Å². The highest BCUT2D eigenvalue weighted by molar-refractivity contribution is 7.89. The summed E-state index contributed by atoms with van der Waals surface area (Å²) in [5.41, 5.74) is 7.99. The third-order valence-electron chi connectivity index (χ3n) is 8.71. The number of piperazine rings is 1. The Hall–Kier alpha value is -2.64. The molecule has 4 atom stereocenters. The first-order valence-corrected chi connectivity index (χ1v) is 17.3. The molecule has 0 unspecified atom stereocenters. The highest BCUT2D eigenvalue weighted by Crippen LogP contribution is 2.36. The summed E-state index contributed by atoms with van der Waals surface area (Å²) in [6, 6.07) is 11.6. The lowest BCUT2D eigenvalue weighted by molar-refractivity contribution is -0.118. The molecule has 0 radical (unpaired) electrons. The predicted molar refractivity (Wildman–Crippen MR) is 173 cm³/mol. The van der Waals surface area contributed by atoms with Crippen molar-refractivity contribution in [1.29, 1.82) is 0 Å². The van der Waals surface area contributed by atoms with Gasteiger partial charge in [-0.3, -0.25) is 9.78 Å². The molecule has 3 heterocycles. The van der Waals surface area contributed by atoms with Gasteiger partial charge in [-0.1, -0.05) is 35.3 Å². The number of sulfonamides is 1. The van der Waals surface area contributed by atoms with E-state index in [1.807, 2.05) is 19.1 Å². The molecule has 242 valence electrons. The SMILES string of the molecule is C[C@@H]1CNC[C@H](CCc2c(F)cncc2NC(=O)[C@@H](N)[C@@H](c2ccc(Cl)cc2)C2CCOCC2)N1S(=O)(=O)c1ccc(Cl)cc1. The number of amides is 1. The molecule has 1 aromatic heterocycles. The summed E-state index contributed by atoms with van der Waals surface area (Å²) < 4.78 is 49.7. The van der Waals surface area contributed by atoms with Crippen molar-refractivity contribution in [3.8, 4) is 0 Å². The van der Waals surface area contributed by atoms with Gasteiger partial charge in [-0.15, -0.1) is 0 Å². The number of hydrogen-bond donors (Lipinski definition) is 3. The first-order valence-electron chi connectivity index (χ1n) is 15.1. The van der Waals surface area contributed by atoms with Crippen LogP contribution < -0.4 is 16.4 Å². The average Bonchev–Trinajstić information content (AvgIpc) is 3.02. The molecule has 2 saturated heterocycles. The van der Waals surface area contributed by atoms with Gasteiger partial charge < -0.3 is 21.1 Å². The van der Waals surface area contributed by atoms with Crippen LogP contribution in [0.5, 0.6) is 0 Å². The lowest BCUT2D eigenvalue weighted by atomic mass is 9.76. The molecule has 2 aliphatic heterocycles. The first kappa shape index (κ1) is 33.7. The van der Waals surface area contributed by atoms with Crippen molar-refractivity contribution in [3.63, 3.8) is 0 Å². The smallest absolute Gasteiger partial charge is 0.243 e. The summed E-state index contributed by atoms with van der Waals surface area (Å²) in [6.45, 7) is 3.88. The Balaban J connectivity index is 1.35. The highest BCUT2D eigenvalue weighted by atomic mass is 35.5. The number of nitrogens with one attached hydrogen (secondary N) is 2. The highest BCUT2D eigenvalue weighted by Gasteiger charge is 2.38. The normalized spacial score (nSPS) is 21.3. The van der Waals surface area contributed by atoms with E-state index >= 15 is 4.39 Å². The summed E-state index contributed by atoms with van der Waals surface area (Å²) in [5, 5.41) is 7.14. The van der Waals surface area contributed by atoms with Crippen LogP contribution in [0.2, 0.25) is 10.0 Å². The maximum atomic E-state index is 15.3. The van der Waals surface area contributed by atoms with Gasteiger partial charge in [0.15, 0.2) is 0 Å². The van der Waals surface area contributed by atoms with Crippen molar-refractivity contribution in [2.75, 3.05) is 31.6 Å². The fraction of sp³-hybridized carbons (Fsp3) is 0.438. The summed E-state index contributed by atoms with van der Waals surface area (Å²) in [7, 11) is -3.86. The number of ether oxygens (including phenoxy) is 1. The Morgan fingerprint density at radius 1 is 1.09 bits per heavy atom. The van der Waals surface area contributed by atoms with Gasteiger partial charge in [-0.2, -0.15) is 4.31 Å². The number of rotatable bonds is 10. The fourth-order valence-electron chi connectivity index (χ4n) is 6.44. The zero-order chi connectivity index (χ0) is 32.1. The minimum Gasteiger partial charge on any atom is -0.381 e.